The highest BCUT2D eigenvalue weighted by Gasteiger charge is 2.16. The standard InChI is InChI=1S/C14H19ClN2O3/c1-9(18)7-8-16-13(19)10(2)17-14(20)11-3-5-12(15)6-4-11/h3-6,9-10,18H,7-8H2,1-2H3,(H,16,19)(H,17,20). The molecule has 0 bridgehead atoms. The van der Waals surface area contributed by atoms with Crippen LogP contribution in [0.3, 0.4) is 0 Å². The van der Waals surface area contributed by atoms with E-state index in [-0.39, 0.29) is 11.8 Å². The number of aliphatic hydroxyl groups is 1. The number of amides is 2. The van der Waals surface area contributed by atoms with E-state index in [0.29, 0.717) is 23.6 Å². The van der Waals surface area contributed by atoms with Crippen LogP contribution in [0.1, 0.15) is 30.6 Å². The Bertz CT molecular complexity index is 460. The average molecular weight is 299 g/mol. The van der Waals surface area contributed by atoms with Gasteiger partial charge in [-0.1, -0.05) is 11.6 Å². The molecule has 0 spiro atoms. The second kappa shape index (κ2) is 7.87. The summed E-state index contributed by atoms with van der Waals surface area (Å²) in [6.07, 6.45) is 0.0121. The molecule has 1 aromatic carbocycles. The molecule has 3 N–H and O–H groups in total. The van der Waals surface area contributed by atoms with Gasteiger partial charge in [0.25, 0.3) is 5.91 Å². The van der Waals surface area contributed by atoms with Gasteiger partial charge in [-0.3, -0.25) is 9.59 Å². The normalized spacial score (nSPS) is 13.4. The Morgan fingerprint density at radius 3 is 2.40 bits per heavy atom. The summed E-state index contributed by atoms with van der Waals surface area (Å²) in [6.45, 7) is 3.63. The van der Waals surface area contributed by atoms with Crippen molar-refractivity contribution < 1.29 is 14.7 Å². The van der Waals surface area contributed by atoms with Crippen molar-refractivity contribution in [1.29, 1.82) is 0 Å². The second-order valence-corrected chi connectivity index (χ2v) is 5.07. The SMILES string of the molecule is CC(O)CCNC(=O)C(C)NC(=O)c1ccc(Cl)cc1. The fraction of sp³-hybridized carbons (Fsp3) is 0.429. The molecule has 20 heavy (non-hydrogen) atoms. The van der Waals surface area contributed by atoms with Crippen LogP contribution in [-0.2, 0) is 4.79 Å². The fourth-order valence-corrected chi connectivity index (χ4v) is 1.63. The zero-order chi connectivity index (χ0) is 15.1. The molecular formula is C14H19ClN2O3. The maximum Gasteiger partial charge on any atom is 0.251 e. The van der Waals surface area contributed by atoms with Crippen molar-refractivity contribution in [3.05, 3.63) is 34.9 Å². The largest absolute Gasteiger partial charge is 0.393 e. The van der Waals surface area contributed by atoms with E-state index >= 15 is 0 Å². The van der Waals surface area contributed by atoms with Gasteiger partial charge in [0.15, 0.2) is 0 Å². The number of hydrogen-bond donors (Lipinski definition) is 3. The first-order valence-corrected chi connectivity index (χ1v) is 6.80. The number of benzene rings is 1. The van der Waals surface area contributed by atoms with Crippen LogP contribution in [0.2, 0.25) is 5.02 Å². The van der Waals surface area contributed by atoms with E-state index in [2.05, 4.69) is 10.6 Å². The highest BCUT2D eigenvalue weighted by atomic mass is 35.5. The number of carbonyl (C=O) groups is 2. The van der Waals surface area contributed by atoms with Gasteiger partial charge in [0.2, 0.25) is 5.91 Å². The van der Waals surface area contributed by atoms with Gasteiger partial charge < -0.3 is 15.7 Å². The van der Waals surface area contributed by atoms with E-state index in [9.17, 15) is 9.59 Å². The number of halogens is 1. The van der Waals surface area contributed by atoms with Crippen LogP contribution < -0.4 is 10.6 Å². The van der Waals surface area contributed by atoms with E-state index in [4.69, 9.17) is 16.7 Å². The third kappa shape index (κ3) is 5.59. The molecule has 0 saturated heterocycles. The van der Waals surface area contributed by atoms with Crippen molar-refractivity contribution in [2.24, 2.45) is 0 Å². The molecule has 6 heteroatoms. The summed E-state index contributed by atoms with van der Waals surface area (Å²) in [5.41, 5.74) is 0.443. The molecule has 0 saturated carbocycles. The van der Waals surface area contributed by atoms with E-state index in [0.717, 1.165) is 0 Å². The molecule has 0 aliphatic rings. The molecular weight excluding hydrogens is 280 g/mol. The molecule has 0 aromatic heterocycles. The van der Waals surface area contributed by atoms with Crippen LogP contribution in [0.5, 0.6) is 0 Å². The van der Waals surface area contributed by atoms with Gasteiger partial charge in [-0.25, -0.2) is 0 Å². The van der Waals surface area contributed by atoms with Crippen LogP contribution in [0.25, 0.3) is 0 Å². The van der Waals surface area contributed by atoms with E-state index < -0.39 is 12.1 Å². The number of hydrogen-bond acceptors (Lipinski definition) is 3. The van der Waals surface area contributed by atoms with E-state index in [1.807, 2.05) is 0 Å². The minimum absolute atomic E-state index is 0.284. The van der Waals surface area contributed by atoms with Crippen LogP contribution in [0.4, 0.5) is 0 Å². The van der Waals surface area contributed by atoms with Crippen molar-refractivity contribution in [3.63, 3.8) is 0 Å². The van der Waals surface area contributed by atoms with Crippen molar-refractivity contribution >= 4 is 23.4 Å². The zero-order valence-corrected chi connectivity index (χ0v) is 12.3. The molecule has 0 fully saturated rings. The van der Waals surface area contributed by atoms with Gasteiger partial charge in [0.05, 0.1) is 6.10 Å². The second-order valence-electron chi connectivity index (χ2n) is 4.63. The summed E-state index contributed by atoms with van der Waals surface area (Å²) in [6, 6.07) is 5.77. The summed E-state index contributed by atoms with van der Waals surface area (Å²) in [5, 5.41) is 14.9. The number of nitrogens with one attached hydrogen (secondary N) is 2. The summed E-state index contributed by atoms with van der Waals surface area (Å²) in [7, 11) is 0. The maximum atomic E-state index is 11.9. The van der Waals surface area contributed by atoms with Crippen molar-refractivity contribution in [3.8, 4) is 0 Å². The topological polar surface area (TPSA) is 78.4 Å². The summed E-state index contributed by atoms with van der Waals surface area (Å²) in [5.74, 6) is -0.618. The minimum Gasteiger partial charge on any atom is -0.393 e. The Morgan fingerprint density at radius 1 is 1.25 bits per heavy atom. The van der Waals surface area contributed by atoms with Crippen molar-refractivity contribution in [1.82, 2.24) is 10.6 Å². The molecule has 0 aliphatic heterocycles. The average Bonchev–Trinajstić information content (AvgIpc) is 2.38. The Hall–Kier alpha value is -1.59. The van der Waals surface area contributed by atoms with Crippen LogP contribution >= 0.6 is 11.6 Å². The van der Waals surface area contributed by atoms with Crippen molar-refractivity contribution in [2.75, 3.05) is 6.54 Å². The minimum atomic E-state index is -0.646. The maximum absolute atomic E-state index is 11.9. The monoisotopic (exact) mass is 298 g/mol. The third-order valence-electron chi connectivity index (χ3n) is 2.71. The molecule has 2 amide bonds. The van der Waals surface area contributed by atoms with Gasteiger partial charge >= 0.3 is 0 Å². The fourth-order valence-electron chi connectivity index (χ4n) is 1.50. The Morgan fingerprint density at radius 2 is 1.85 bits per heavy atom. The van der Waals surface area contributed by atoms with Crippen LogP contribution in [0, 0.1) is 0 Å². The highest BCUT2D eigenvalue weighted by Crippen LogP contribution is 2.09. The first-order valence-electron chi connectivity index (χ1n) is 6.42. The van der Waals surface area contributed by atoms with Gasteiger partial charge in [-0.2, -0.15) is 0 Å². The molecule has 0 heterocycles. The number of aliphatic hydroxyl groups excluding tert-OH is 1. The Labute approximate surface area is 123 Å². The Kier molecular flexibility index (Phi) is 6.48. The Balaban J connectivity index is 2.44. The van der Waals surface area contributed by atoms with Gasteiger partial charge in [-0.05, 0) is 44.5 Å². The van der Waals surface area contributed by atoms with Gasteiger partial charge in [0, 0.05) is 17.1 Å². The van der Waals surface area contributed by atoms with Crippen LogP contribution in [-0.4, -0.2) is 35.6 Å². The predicted molar refractivity (Wildman–Crippen MR) is 77.7 cm³/mol. The third-order valence-corrected chi connectivity index (χ3v) is 2.96. The van der Waals surface area contributed by atoms with Gasteiger partial charge in [0.1, 0.15) is 6.04 Å². The highest BCUT2D eigenvalue weighted by molar-refractivity contribution is 6.30. The summed E-state index contributed by atoms with van der Waals surface area (Å²) in [4.78, 5) is 23.6. The smallest absolute Gasteiger partial charge is 0.251 e. The number of rotatable bonds is 6. The number of carbonyl (C=O) groups excluding carboxylic acids is 2. The molecule has 1 rings (SSSR count). The lowest BCUT2D eigenvalue weighted by molar-refractivity contribution is -0.122. The molecule has 110 valence electrons. The van der Waals surface area contributed by atoms with Crippen molar-refractivity contribution in [2.45, 2.75) is 32.4 Å². The zero-order valence-electron chi connectivity index (χ0n) is 11.5. The molecule has 0 aliphatic carbocycles. The quantitative estimate of drug-likeness (QED) is 0.742. The van der Waals surface area contributed by atoms with E-state index in [1.54, 1.807) is 38.1 Å². The molecule has 0 radical (unpaired) electrons. The first kappa shape index (κ1) is 16.5. The molecule has 2 atom stereocenters. The molecule has 2 unspecified atom stereocenters. The molecule has 1 aromatic rings. The summed E-state index contributed by atoms with van der Waals surface area (Å²) < 4.78 is 0. The lowest BCUT2D eigenvalue weighted by Crippen LogP contribution is -2.45. The lowest BCUT2D eigenvalue weighted by Gasteiger charge is -2.14. The lowest BCUT2D eigenvalue weighted by atomic mass is 10.2. The van der Waals surface area contributed by atoms with Gasteiger partial charge in [-0.15, -0.1) is 0 Å². The predicted octanol–water partition coefficient (Wildman–Crippen LogP) is 1.35. The van der Waals surface area contributed by atoms with Crippen LogP contribution in [0.15, 0.2) is 24.3 Å². The van der Waals surface area contributed by atoms with E-state index in [1.165, 1.54) is 0 Å². The summed E-state index contributed by atoms with van der Waals surface area (Å²) >= 11 is 5.74. The molecule has 5 nitrogen and oxygen atoms in total. The first-order chi connectivity index (χ1) is 9.40.